The minimum absolute atomic E-state index is 1.15. The molecular weight excluding hydrogens is 242 g/mol. The quantitative estimate of drug-likeness (QED) is 0.641. The van der Waals surface area contributed by atoms with Crippen molar-refractivity contribution in [3.63, 3.8) is 0 Å². The minimum Gasteiger partial charge on any atom is -0.355 e. The highest BCUT2D eigenvalue weighted by Gasteiger charge is 2.04. The summed E-state index contributed by atoms with van der Waals surface area (Å²) in [6.07, 6.45) is 0. The molecule has 0 spiro atoms. The van der Waals surface area contributed by atoms with Crippen LogP contribution in [0.25, 0.3) is 10.8 Å². The summed E-state index contributed by atoms with van der Waals surface area (Å²) in [5, 5.41) is 6.13. The van der Waals surface area contributed by atoms with Gasteiger partial charge in [-0.3, -0.25) is 0 Å². The molecule has 3 aromatic rings. The molecule has 0 amide bonds. The maximum atomic E-state index is 3.56. The Hall–Kier alpha value is -2.28. The van der Waals surface area contributed by atoms with Crippen LogP contribution in [0, 0.1) is 20.8 Å². The maximum absolute atomic E-state index is 3.56. The maximum Gasteiger partial charge on any atom is 0.0464 e. The van der Waals surface area contributed by atoms with Gasteiger partial charge in [0.1, 0.15) is 0 Å². The van der Waals surface area contributed by atoms with Crippen molar-refractivity contribution in [3.8, 4) is 0 Å². The van der Waals surface area contributed by atoms with Crippen molar-refractivity contribution in [2.75, 3.05) is 5.32 Å². The number of anilines is 2. The number of aryl methyl sites for hydroxylation is 3. The summed E-state index contributed by atoms with van der Waals surface area (Å²) in [4.78, 5) is 0. The van der Waals surface area contributed by atoms with Crippen LogP contribution >= 0.6 is 0 Å². The summed E-state index contributed by atoms with van der Waals surface area (Å²) in [5.41, 5.74) is 6.19. The van der Waals surface area contributed by atoms with Crippen molar-refractivity contribution in [3.05, 3.63) is 71.3 Å². The lowest BCUT2D eigenvalue weighted by atomic mass is 10.0. The Morgan fingerprint density at radius 2 is 1.35 bits per heavy atom. The molecule has 0 unspecified atom stereocenters. The van der Waals surface area contributed by atoms with Gasteiger partial charge in [0, 0.05) is 16.8 Å². The van der Waals surface area contributed by atoms with E-state index in [0.717, 1.165) is 11.4 Å². The first-order valence-corrected chi connectivity index (χ1v) is 6.97. The van der Waals surface area contributed by atoms with E-state index in [1.807, 2.05) is 0 Å². The smallest absolute Gasteiger partial charge is 0.0464 e. The second kappa shape index (κ2) is 5.01. The highest BCUT2D eigenvalue weighted by atomic mass is 14.9. The molecule has 0 atom stereocenters. The Balaban J connectivity index is 2.09. The SMILES string of the molecule is Cc1cc(C)cc(Nc2ccc(C)c3ccccc23)c1. The zero-order chi connectivity index (χ0) is 14.1. The molecule has 3 rings (SSSR count). The predicted molar refractivity (Wildman–Crippen MR) is 87.9 cm³/mol. The van der Waals surface area contributed by atoms with E-state index in [4.69, 9.17) is 0 Å². The molecule has 1 heteroatoms. The molecule has 0 radical (unpaired) electrons. The molecule has 0 heterocycles. The van der Waals surface area contributed by atoms with Gasteiger partial charge in [-0.1, -0.05) is 36.4 Å². The van der Waals surface area contributed by atoms with Crippen molar-refractivity contribution in [1.82, 2.24) is 0 Å². The van der Waals surface area contributed by atoms with Gasteiger partial charge < -0.3 is 5.32 Å². The van der Waals surface area contributed by atoms with Gasteiger partial charge in [-0.05, 0) is 61.0 Å². The monoisotopic (exact) mass is 261 g/mol. The molecule has 0 saturated carbocycles. The molecule has 1 nitrogen and oxygen atoms in total. The molecule has 0 fully saturated rings. The van der Waals surface area contributed by atoms with E-state index in [9.17, 15) is 0 Å². The molecule has 0 aliphatic heterocycles. The second-order valence-corrected chi connectivity index (χ2v) is 5.48. The number of fused-ring (bicyclic) bond motifs is 1. The first kappa shape index (κ1) is 12.7. The first-order chi connectivity index (χ1) is 9.63. The number of benzene rings is 3. The van der Waals surface area contributed by atoms with Crippen LogP contribution in [0.3, 0.4) is 0 Å². The van der Waals surface area contributed by atoms with Crippen LogP contribution in [0.1, 0.15) is 16.7 Å². The van der Waals surface area contributed by atoms with Crippen molar-refractivity contribution in [1.29, 1.82) is 0 Å². The van der Waals surface area contributed by atoms with Crippen LogP contribution in [-0.4, -0.2) is 0 Å². The number of hydrogen-bond acceptors (Lipinski definition) is 1. The lowest BCUT2D eigenvalue weighted by molar-refractivity contribution is 1.37. The van der Waals surface area contributed by atoms with E-state index < -0.39 is 0 Å². The molecule has 0 aromatic heterocycles. The van der Waals surface area contributed by atoms with E-state index >= 15 is 0 Å². The van der Waals surface area contributed by atoms with E-state index in [1.54, 1.807) is 0 Å². The van der Waals surface area contributed by atoms with E-state index in [2.05, 4.69) is 80.7 Å². The first-order valence-electron chi connectivity index (χ1n) is 6.97. The lowest BCUT2D eigenvalue weighted by Gasteiger charge is -2.13. The topological polar surface area (TPSA) is 12.0 Å². The van der Waals surface area contributed by atoms with E-state index in [0.29, 0.717) is 0 Å². The fourth-order valence-electron chi connectivity index (χ4n) is 2.76. The van der Waals surface area contributed by atoms with E-state index in [1.165, 1.54) is 27.5 Å². The fraction of sp³-hybridized carbons (Fsp3) is 0.158. The third-order valence-corrected chi connectivity index (χ3v) is 3.64. The van der Waals surface area contributed by atoms with Gasteiger partial charge in [0.05, 0.1) is 0 Å². The zero-order valence-corrected chi connectivity index (χ0v) is 12.2. The highest BCUT2D eigenvalue weighted by molar-refractivity contribution is 5.97. The molecule has 0 aliphatic rings. The zero-order valence-electron chi connectivity index (χ0n) is 12.2. The van der Waals surface area contributed by atoms with Gasteiger partial charge in [0.25, 0.3) is 0 Å². The van der Waals surface area contributed by atoms with Crippen LogP contribution in [-0.2, 0) is 0 Å². The van der Waals surface area contributed by atoms with Crippen LogP contribution in [0.5, 0.6) is 0 Å². The molecule has 0 bridgehead atoms. The Morgan fingerprint density at radius 3 is 2.05 bits per heavy atom. The van der Waals surface area contributed by atoms with Crippen molar-refractivity contribution < 1.29 is 0 Å². The van der Waals surface area contributed by atoms with Gasteiger partial charge in [0.2, 0.25) is 0 Å². The normalized spacial score (nSPS) is 10.8. The predicted octanol–water partition coefficient (Wildman–Crippen LogP) is 5.51. The summed E-state index contributed by atoms with van der Waals surface area (Å²) >= 11 is 0. The molecule has 3 aromatic carbocycles. The summed E-state index contributed by atoms with van der Waals surface area (Å²) in [6, 6.07) is 19.4. The number of nitrogens with one attached hydrogen (secondary N) is 1. The Morgan fingerprint density at radius 1 is 0.700 bits per heavy atom. The van der Waals surface area contributed by atoms with Crippen LogP contribution in [0.2, 0.25) is 0 Å². The average Bonchev–Trinajstić information content (AvgIpc) is 2.41. The summed E-state index contributed by atoms with van der Waals surface area (Å²) < 4.78 is 0. The molecular formula is C19H19N. The lowest BCUT2D eigenvalue weighted by Crippen LogP contribution is -1.93. The molecule has 0 saturated heterocycles. The number of hydrogen-bond donors (Lipinski definition) is 1. The largest absolute Gasteiger partial charge is 0.355 e. The third-order valence-electron chi connectivity index (χ3n) is 3.64. The Kier molecular flexibility index (Phi) is 3.19. The standard InChI is InChI=1S/C19H19N/c1-13-10-14(2)12-16(11-13)20-19-9-8-15(3)17-6-4-5-7-18(17)19/h4-12,20H,1-3H3. The third kappa shape index (κ3) is 2.39. The van der Waals surface area contributed by atoms with E-state index in [-0.39, 0.29) is 0 Å². The van der Waals surface area contributed by atoms with Gasteiger partial charge in [-0.25, -0.2) is 0 Å². The van der Waals surface area contributed by atoms with Gasteiger partial charge >= 0.3 is 0 Å². The van der Waals surface area contributed by atoms with Gasteiger partial charge in [-0.2, -0.15) is 0 Å². The summed E-state index contributed by atoms with van der Waals surface area (Å²) in [5.74, 6) is 0. The summed E-state index contributed by atoms with van der Waals surface area (Å²) in [7, 11) is 0. The Bertz CT molecular complexity index is 752. The molecule has 0 aliphatic carbocycles. The molecule has 100 valence electrons. The minimum atomic E-state index is 1.15. The fourth-order valence-corrected chi connectivity index (χ4v) is 2.76. The van der Waals surface area contributed by atoms with Crippen molar-refractivity contribution in [2.45, 2.75) is 20.8 Å². The van der Waals surface area contributed by atoms with Crippen LogP contribution in [0.15, 0.2) is 54.6 Å². The highest BCUT2D eigenvalue weighted by Crippen LogP contribution is 2.29. The number of rotatable bonds is 2. The van der Waals surface area contributed by atoms with Crippen LogP contribution in [0.4, 0.5) is 11.4 Å². The molecule has 1 N–H and O–H groups in total. The van der Waals surface area contributed by atoms with Crippen molar-refractivity contribution in [2.24, 2.45) is 0 Å². The average molecular weight is 261 g/mol. The van der Waals surface area contributed by atoms with Gasteiger partial charge in [-0.15, -0.1) is 0 Å². The molecule has 20 heavy (non-hydrogen) atoms. The Labute approximate surface area is 120 Å². The van der Waals surface area contributed by atoms with Crippen molar-refractivity contribution >= 4 is 22.1 Å². The van der Waals surface area contributed by atoms with Gasteiger partial charge in [0.15, 0.2) is 0 Å². The van der Waals surface area contributed by atoms with Crippen LogP contribution < -0.4 is 5.32 Å². The summed E-state index contributed by atoms with van der Waals surface area (Å²) in [6.45, 7) is 6.42. The second-order valence-electron chi connectivity index (χ2n) is 5.48.